The summed E-state index contributed by atoms with van der Waals surface area (Å²) in [6.45, 7) is 0. The maximum absolute atomic E-state index is 12.4. The molecule has 1 aromatic rings. The molecule has 0 aliphatic heterocycles. The van der Waals surface area contributed by atoms with E-state index in [1.54, 1.807) is 0 Å². The maximum Gasteiger partial charge on any atom is 0.310 e. The first-order valence-corrected chi connectivity index (χ1v) is 4.32. The zero-order valence-electron chi connectivity index (χ0n) is 8.42. The highest BCUT2D eigenvalue weighted by molar-refractivity contribution is 5.75. The van der Waals surface area contributed by atoms with Gasteiger partial charge in [0.1, 0.15) is 5.69 Å². The maximum atomic E-state index is 12.4. The number of nitrogen functional groups attached to an aromatic ring is 1. The summed E-state index contributed by atoms with van der Waals surface area (Å²) in [7, 11) is 1.15. The van der Waals surface area contributed by atoms with Gasteiger partial charge in [-0.25, -0.2) is 8.78 Å². The molecule has 0 saturated heterocycles. The van der Waals surface area contributed by atoms with E-state index >= 15 is 0 Å². The summed E-state index contributed by atoms with van der Waals surface area (Å²) in [5.41, 5.74) is 3.73. The molecule has 16 heavy (non-hydrogen) atoms. The third-order valence-electron chi connectivity index (χ3n) is 1.98. The number of rotatable bonds is 3. The largest absolute Gasteiger partial charge is 0.469 e. The number of halogens is 2. The Kier molecular flexibility index (Phi) is 3.60. The molecule has 3 N–H and O–H groups in total. The first-order chi connectivity index (χ1) is 7.45. The number of alkyl halides is 2. The normalized spacial score (nSPS) is 10.5. The molecule has 0 saturated carbocycles. The van der Waals surface area contributed by atoms with Crippen LogP contribution in [-0.4, -0.2) is 18.1 Å². The Balaban J connectivity index is 3.19. The molecule has 0 aliphatic carbocycles. The Morgan fingerprint density at radius 1 is 1.62 bits per heavy atom. The number of hydrogen-bond acceptors (Lipinski definition) is 4. The first kappa shape index (κ1) is 12.2. The number of nitrogens with two attached hydrogens (primary N) is 1. The summed E-state index contributed by atoms with van der Waals surface area (Å²) in [4.78, 5) is 23.9. The van der Waals surface area contributed by atoms with Crippen molar-refractivity contribution in [1.29, 1.82) is 0 Å². The Hall–Kier alpha value is -1.92. The van der Waals surface area contributed by atoms with Crippen LogP contribution in [-0.2, 0) is 16.0 Å². The van der Waals surface area contributed by atoms with Gasteiger partial charge in [0.25, 0.3) is 6.43 Å². The lowest BCUT2D eigenvalue weighted by molar-refractivity contribution is -0.139. The number of pyridine rings is 1. The molecule has 1 rings (SSSR count). The number of H-pyrrole nitrogens is 1. The van der Waals surface area contributed by atoms with Gasteiger partial charge in [0.15, 0.2) is 0 Å². The number of nitrogens with one attached hydrogen (secondary N) is 1. The van der Waals surface area contributed by atoms with Crippen molar-refractivity contribution in [2.24, 2.45) is 0 Å². The highest BCUT2D eigenvalue weighted by atomic mass is 19.3. The quantitative estimate of drug-likeness (QED) is 0.747. The molecule has 0 radical (unpaired) electrons. The van der Waals surface area contributed by atoms with Crippen LogP contribution in [0.5, 0.6) is 0 Å². The number of carbonyl (C=O) groups is 1. The molecule has 1 aromatic heterocycles. The van der Waals surface area contributed by atoms with Crippen LogP contribution in [0, 0.1) is 0 Å². The van der Waals surface area contributed by atoms with Crippen molar-refractivity contribution in [2.45, 2.75) is 12.8 Å². The highest BCUT2D eigenvalue weighted by Crippen LogP contribution is 2.24. The van der Waals surface area contributed by atoms with E-state index in [0.29, 0.717) is 0 Å². The fourth-order valence-corrected chi connectivity index (χ4v) is 1.19. The Labute approximate surface area is 89.2 Å². The predicted molar refractivity (Wildman–Crippen MR) is 52.2 cm³/mol. The summed E-state index contributed by atoms with van der Waals surface area (Å²) in [5, 5.41) is 0. The zero-order chi connectivity index (χ0) is 12.3. The van der Waals surface area contributed by atoms with Gasteiger partial charge >= 0.3 is 5.97 Å². The number of aromatic amines is 1. The number of carbonyl (C=O) groups excluding carboxylic acids is 1. The molecule has 7 heteroatoms. The molecule has 0 aliphatic rings. The highest BCUT2D eigenvalue weighted by Gasteiger charge is 2.17. The van der Waals surface area contributed by atoms with E-state index in [2.05, 4.69) is 4.74 Å². The van der Waals surface area contributed by atoms with Gasteiger partial charge in [-0.3, -0.25) is 9.59 Å². The lowest BCUT2D eigenvalue weighted by Gasteiger charge is -2.08. The van der Waals surface area contributed by atoms with Gasteiger partial charge in [0, 0.05) is 6.07 Å². The third kappa shape index (κ3) is 2.56. The molecule has 5 nitrogen and oxygen atoms in total. The van der Waals surface area contributed by atoms with Crippen molar-refractivity contribution in [3.8, 4) is 0 Å². The van der Waals surface area contributed by atoms with E-state index in [-0.39, 0.29) is 17.7 Å². The van der Waals surface area contributed by atoms with Gasteiger partial charge in [-0.1, -0.05) is 0 Å². The molecule has 0 atom stereocenters. The van der Waals surface area contributed by atoms with Crippen molar-refractivity contribution in [2.75, 3.05) is 12.8 Å². The monoisotopic (exact) mass is 232 g/mol. The van der Waals surface area contributed by atoms with Crippen LogP contribution in [0.1, 0.15) is 17.7 Å². The topological polar surface area (TPSA) is 85.2 Å². The Bertz CT molecular complexity index is 457. The number of esters is 1. The van der Waals surface area contributed by atoms with E-state index in [1.165, 1.54) is 0 Å². The summed E-state index contributed by atoms with van der Waals surface area (Å²) in [6, 6.07) is 0.998. The summed E-state index contributed by atoms with van der Waals surface area (Å²) in [5.74, 6) is -0.655. The molecule has 0 bridgehead atoms. The average Bonchev–Trinajstić information content (AvgIpc) is 2.22. The Morgan fingerprint density at radius 2 is 2.25 bits per heavy atom. The van der Waals surface area contributed by atoms with Crippen LogP contribution >= 0.6 is 0 Å². The van der Waals surface area contributed by atoms with Crippen molar-refractivity contribution < 1.29 is 18.3 Å². The van der Waals surface area contributed by atoms with Crippen LogP contribution in [0.15, 0.2) is 10.9 Å². The van der Waals surface area contributed by atoms with Crippen LogP contribution in [0.4, 0.5) is 14.5 Å². The van der Waals surface area contributed by atoms with Crippen molar-refractivity contribution in [3.63, 3.8) is 0 Å². The van der Waals surface area contributed by atoms with Gasteiger partial charge < -0.3 is 15.5 Å². The second-order valence-corrected chi connectivity index (χ2v) is 3.04. The van der Waals surface area contributed by atoms with Crippen molar-refractivity contribution in [1.82, 2.24) is 4.98 Å². The molecule has 0 fully saturated rings. The van der Waals surface area contributed by atoms with Gasteiger partial charge in [-0.15, -0.1) is 0 Å². The minimum Gasteiger partial charge on any atom is -0.469 e. The van der Waals surface area contributed by atoms with Gasteiger partial charge in [-0.05, 0) is 5.56 Å². The van der Waals surface area contributed by atoms with Crippen LogP contribution < -0.4 is 11.3 Å². The van der Waals surface area contributed by atoms with Gasteiger partial charge in [0.05, 0.1) is 19.2 Å². The smallest absolute Gasteiger partial charge is 0.310 e. The average molecular weight is 232 g/mol. The summed E-state index contributed by atoms with van der Waals surface area (Å²) < 4.78 is 29.2. The van der Waals surface area contributed by atoms with E-state index in [1.807, 2.05) is 4.98 Å². The standard InChI is InChI=1S/C9H10F2N2O3/c1-16-6(15)3-4-2-5(14)13-8(7(4)12)9(10)11/h2,9H,3,12H2,1H3,(H,13,14). The van der Waals surface area contributed by atoms with Crippen LogP contribution in [0.25, 0.3) is 0 Å². The number of methoxy groups -OCH3 is 1. The van der Waals surface area contributed by atoms with Crippen LogP contribution in [0.3, 0.4) is 0 Å². The SMILES string of the molecule is COC(=O)Cc1cc(=O)[nH]c(C(F)F)c1N. The molecule has 0 aromatic carbocycles. The minimum atomic E-state index is -2.90. The van der Waals surface area contributed by atoms with Gasteiger partial charge in [-0.2, -0.15) is 0 Å². The number of anilines is 1. The van der Waals surface area contributed by atoms with Crippen molar-refractivity contribution >= 4 is 11.7 Å². The lowest BCUT2D eigenvalue weighted by Crippen LogP contribution is -2.16. The van der Waals surface area contributed by atoms with Crippen LogP contribution in [0.2, 0.25) is 0 Å². The second kappa shape index (κ2) is 4.73. The van der Waals surface area contributed by atoms with Gasteiger partial charge in [0.2, 0.25) is 5.56 Å². The second-order valence-electron chi connectivity index (χ2n) is 3.04. The molecular weight excluding hydrogens is 222 g/mol. The van der Waals surface area contributed by atoms with E-state index in [9.17, 15) is 18.4 Å². The molecule has 0 amide bonds. The molecule has 0 spiro atoms. The summed E-state index contributed by atoms with van der Waals surface area (Å²) >= 11 is 0. The van der Waals surface area contributed by atoms with E-state index in [4.69, 9.17) is 5.73 Å². The minimum absolute atomic E-state index is 0.0332. The molecule has 1 heterocycles. The lowest BCUT2D eigenvalue weighted by atomic mass is 10.1. The molecule has 88 valence electrons. The molecular formula is C9H10F2N2O3. The predicted octanol–water partition coefficient (Wildman–Crippen LogP) is 0.610. The number of ether oxygens (including phenoxy) is 1. The zero-order valence-corrected chi connectivity index (χ0v) is 8.42. The number of aromatic nitrogens is 1. The summed E-state index contributed by atoms with van der Waals surface area (Å²) in [6.07, 6.45) is -3.21. The number of hydrogen-bond donors (Lipinski definition) is 2. The fourth-order valence-electron chi connectivity index (χ4n) is 1.19. The molecule has 0 unspecified atom stereocenters. The van der Waals surface area contributed by atoms with E-state index < -0.39 is 23.6 Å². The Morgan fingerprint density at radius 3 is 2.75 bits per heavy atom. The fraction of sp³-hybridized carbons (Fsp3) is 0.333. The van der Waals surface area contributed by atoms with Crippen molar-refractivity contribution in [3.05, 3.63) is 27.7 Å². The van der Waals surface area contributed by atoms with E-state index in [0.717, 1.165) is 13.2 Å². The first-order valence-electron chi connectivity index (χ1n) is 4.32. The third-order valence-corrected chi connectivity index (χ3v) is 1.98.